The number of nitrogens with zero attached hydrogens (tertiary/aromatic N) is 2. The van der Waals surface area contributed by atoms with Crippen molar-refractivity contribution in [1.29, 1.82) is 0 Å². The summed E-state index contributed by atoms with van der Waals surface area (Å²) >= 11 is 0. The van der Waals surface area contributed by atoms with Gasteiger partial charge in [0.1, 0.15) is 12.1 Å². The summed E-state index contributed by atoms with van der Waals surface area (Å²) in [6, 6.07) is 7.94. The molecule has 10 heteroatoms. The molecule has 3 aliphatic heterocycles. The van der Waals surface area contributed by atoms with Gasteiger partial charge in [-0.2, -0.15) is 0 Å². The van der Waals surface area contributed by atoms with Crippen LogP contribution in [0.3, 0.4) is 0 Å². The highest BCUT2D eigenvalue weighted by Gasteiger charge is 2.44. The Morgan fingerprint density at radius 1 is 1.00 bits per heavy atom. The predicted molar refractivity (Wildman–Crippen MR) is 120 cm³/mol. The van der Waals surface area contributed by atoms with E-state index >= 15 is 0 Å². The van der Waals surface area contributed by atoms with E-state index in [1.165, 1.54) is 0 Å². The first-order valence-corrected chi connectivity index (χ1v) is 11.4. The Balaban J connectivity index is 1.18. The molecule has 2 fully saturated rings. The van der Waals surface area contributed by atoms with Gasteiger partial charge in [0.2, 0.25) is 17.7 Å². The molecule has 4 heterocycles. The minimum absolute atomic E-state index is 0.0960. The van der Waals surface area contributed by atoms with Crippen LogP contribution < -0.4 is 20.7 Å². The van der Waals surface area contributed by atoms with Gasteiger partial charge in [0.25, 0.3) is 11.8 Å². The molecule has 5 rings (SSSR count). The Bertz CT molecular complexity index is 1140. The summed E-state index contributed by atoms with van der Waals surface area (Å²) in [6.45, 7) is 2.86. The summed E-state index contributed by atoms with van der Waals surface area (Å²) in [5.41, 5.74) is 2.38. The molecule has 3 N–H and O–H groups in total. The van der Waals surface area contributed by atoms with E-state index in [-0.39, 0.29) is 30.1 Å². The summed E-state index contributed by atoms with van der Waals surface area (Å²) in [4.78, 5) is 54.6. The van der Waals surface area contributed by atoms with Crippen molar-refractivity contribution in [3.8, 4) is 5.88 Å². The lowest BCUT2D eigenvalue weighted by atomic mass is 10.0. The summed E-state index contributed by atoms with van der Waals surface area (Å²) < 4.78 is 5.83. The molecule has 0 saturated carbocycles. The summed E-state index contributed by atoms with van der Waals surface area (Å²) in [7, 11) is 0. The SMILES string of the molecule is O=C1CCC(N2C(=O)c3ccc(CNCc4ccc(OC5CCNC5)nc4)cc3C2=O)C(=O)N1. The number of carbonyl (C=O) groups excluding carboxylic acids is 4. The van der Waals surface area contributed by atoms with Gasteiger partial charge in [0, 0.05) is 38.3 Å². The van der Waals surface area contributed by atoms with Crippen LogP contribution in [0.1, 0.15) is 51.1 Å². The molecule has 1 aromatic heterocycles. The lowest BCUT2D eigenvalue weighted by Gasteiger charge is -2.27. The van der Waals surface area contributed by atoms with Crippen molar-refractivity contribution in [3.63, 3.8) is 0 Å². The van der Waals surface area contributed by atoms with Crippen LogP contribution in [0, 0.1) is 0 Å². The molecule has 2 saturated heterocycles. The number of fused-ring (bicyclic) bond motifs is 1. The second kappa shape index (κ2) is 9.32. The molecule has 2 unspecified atom stereocenters. The third kappa shape index (κ3) is 4.42. The maximum atomic E-state index is 12.9. The summed E-state index contributed by atoms with van der Waals surface area (Å²) in [6.07, 6.45) is 3.15. The van der Waals surface area contributed by atoms with Crippen LogP contribution in [-0.2, 0) is 22.7 Å². The van der Waals surface area contributed by atoms with Crippen LogP contribution in [0.25, 0.3) is 0 Å². The van der Waals surface area contributed by atoms with Gasteiger partial charge in [-0.05, 0) is 42.6 Å². The topological polar surface area (TPSA) is 130 Å². The summed E-state index contributed by atoms with van der Waals surface area (Å²) in [5.74, 6) is -1.41. The number of aromatic nitrogens is 1. The highest BCUT2D eigenvalue weighted by molar-refractivity contribution is 6.23. The van der Waals surface area contributed by atoms with Crippen molar-refractivity contribution in [2.24, 2.45) is 0 Å². The molecule has 0 radical (unpaired) electrons. The van der Waals surface area contributed by atoms with Gasteiger partial charge in [-0.25, -0.2) is 4.98 Å². The minimum atomic E-state index is -0.962. The van der Waals surface area contributed by atoms with Crippen LogP contribution in [0.4, 0.5) is 0 Å². The van der Waals surface area contributed by atoms with Crippen LogP contribution in [-0.4, -0.2) is 58.7 Å². The monoisotopic (exact) mass is 463 g/mol. The maximum absolute atomic E-state index is 12.9. The molecular formula is C24H25N5O5. The van der Waals surface area contributed by atoms with Gasteiger partial charge in [0.05, 0.1) is 11.1 Å². The Labute approximate surface area is 196 Å². The molecule has 34 heavy (non-hydrogen) atoms. The number of nitrogens with one attached hydrogen (secondary N) is 3. The number of hydrogen-bond donors (Lipinski definition) is 3. The van der Waals surface area contributed by atoms with Gasteiger partial charge in [-0.1, -0.05) is 12.1 Å². The normalized spacial score (nSPS) is 22.2. The Hall–Kier alpha value is -3.63. The number of carbonyl (C=O) groups is 4. The maximum Gasteiger partial charge on any atom is 0.262 e. The molecule has 0 aliphatic carbocycles. The molecule has 176 valence electrons. The average molecular weight is 463 g/mol. The van der Waals surface area contributed by atoms with Gasteiger partial charge in [0.15, 0.2) is 0 Å². The van der Waals surface area contributed by atoms with E-state index in [0.717, 1.165) is 35.5 Å². The van der Waals surface area contributed by atoms with E-state index in [4.69, 9.17) is 4.74 Å². The number of piperidine rings is 1. The van der Waals surface area contributed by atoms with Crippen molar-refractivity contribution < 1.29 is 23.9 Å². The molecule has 3 aliphatic rings. The number of benzene rings is 1. The molecule has 0 spiro atoms. The first kappa shape index (κ1) is 22.2. The van der Waals surface area contributed by atoms with E-state index in [1.807, 2.05) is 12.1 Å². The third-order valence-electron chi connectivity index (χ3n) is 6.26. The summed E-state index contributed by atoms with van der Waals surface area (Å²) in [5, 5.41) is 8.77. The zero-order valence-corrected chi connectivity index (χ0v) is 18.5. The van der Waals surface area contributed by atoms with Gasteiger partial charge in [-0.15, -0.1) is 0 Å². The number of amides is 4. The molecular weight excluding hydrogens is 438 g/mol. The lowest BCUT2D eigenvalue weighted by molar-refractivity contribution is -0.136. The third-order valence-corrected chi connectivity index (χ3v) is 6.26. The van der Waals surface area contributed by atoms with E-state index in [9.17, 15) is 19.2 Å². The minimum Gasteiger partial charge on any atom is -0.473 e. The fourth-order valence-electron chi connectivity index (χ4n) is 4.46. The van der Waals surface area contributed by atoms with Crippen molar-refractivity contribution in [2.75, 3.05) is 13.1 Å². The quantitative estimate of drug-likeness (QED) is 0.507. The zero-order valence-electron chi connectivity index (χ0n) is 18.5. The van der Waals surface area contributed by atoms with Gasteiger partial charge < -0.3 is 15.4 Å². The van der Waals surface area contributed by atoms with Crippen molar-refractivity contribution >= 4 is 23.6 Å². The fraction of sp³-hybridized carbons (Fsp3) is 0.375. The smallest absolute Gasteiger partial charge is 0.262 e. The predicted octanol–water partition coefficient (Wildman–Crippen LogP) is 0.513. The molecule has 2 aromatic rings. The number of imide groups is 2. The average Bonchev–Trinajstić information content (AvgIpc) is 3.42. The van der Waals surface area contributed by atoms with E-state index < -0.39 is 29.7 Å². The Morgan fingerprint density at radius 2 is 1.79 bits per heavy atom. The van der Waals surface area contributed by atoms with Crippen LogP contribution in [0.15, 0.2) is 36.5 Å². The number of ether oxygens (including phenoxy) is 1. The van der Waals surface area contributed by atoms with Crippen molar-refractivity contribution in [3.05, 3.63) is 58.8 Å². The molecule has 2 atom stereocenters. The van der Waals surface area contributed by atoms with Gasteiger partial charge in [-0.3, -0.25) is 29.4 Å². The zero-order chi connectivity index (χ0) is 23.7. The van der Waals surface area contributed by atoms with Crippen LogP contribution in [0.5, 0.6) is 5.88 Å². The highest BCUT2D eigenvalue weighted by atomic mass is 16.5. The van der Waals surface area contributed by atoms with Gasteiger partial charge >= 0.3 is 0 Å². The first-order chi connectivity index (χ1) is 16.5. The second-order valence-corrected chi connectivity index (χ2v) is 8.67. The lowest BCUT2D eigenvalue weighted by Crippen LogP contribution is -2.54. The Kier molecular flexibility index (Phi) is 6.08. The molecule has 0 bridgehead atoms. The second-order valence-electron chi connectivity index (χ2n) is 8.67. The van der Waals surface area contributed by atoms with Crippen molar-refractivity contribution in [1.82, 2.24) is 25.8 Å². The number of pyridine rings is 1. The largest absolute Gasteiger partial charge is 0.473 e. The fourth-order valence-corrected chi connectivity index (χ4v) is 4.46. The van der Waals surface area contributed by atoms with Crippen LogP contribution in [0.2, 0.25) is 0 Å². The van der Waals surface area contributed by atoms with Crippen LogP contribution >= 0.6 is 0 Å². The molecule has 10 nitrogen and oxygen atoms in total. The van der Waals surface area contributed by atoms with E-state index in [0.29, 0.717) is 19.0 Å². The number of hydrogen-bond acceptors (Lipinski definition) is 8. The molecule has 1 aromatic carbocycles. The Morgan fingerprint density at radius 3 is 2.53 bits per heavy atom. The highest BCUT2D eigenvalue weighted by Crippen LogP contribution is 2.28. The standard InChI is InChI=1S/C24H25N5O5/c30-20-5-4-19(22(31)28-20)29-23(32)17-3-1-14(9-18(17)24(29)33)10-26-11-15-2-6-21(27-12-15)34-16-7-8-25-13-16/h1-3,6,9,12,16,19,25-26H,4-5,7-8,10-11,13H2,(H,28,30,31). The first-order valence-electron chi connectivity index (χ1n) is 11.4. The molecule has 4 amide bonds. The number of rotatable bonds is 7. The van der Waals surface area contributed by atoms with E-state index in [2.05, 4.69) is 20.9 Å². The van der Waals surface area contributed by atoms with E-state index in [1.54, 1.807) is 24.4 Å². The van der Waals surface area contributed by atoms with Crippen molar-refractivity contribution in [2.45, 2.75) is 44.5 Å².